The molecule has 0 saturated carbocycles. The van der Waals surface area contributed by atoms with Crippen LogP contribution in [0, 0.1) is 15.5 Å². The second kappa shape index (κ2) is 6.66. The summed E-state index contributed by atoms with van der Waals surface area (Å²) in [6.45, 7) is 9.50. The molecule has 0 aliphatic rings. The highest BCUT2D eigenvalue weighted by atomic mass is 16.6. The van der Waals surface area contributed by atoms with Gasteiger partial charge in [0.1, 0.15) is 0 Å². The van der Waals surface area contributed by atoms with E-state index in [0.29, 0.717) is 6.42 Å². The molecule has 106 valence electrons. The number of nitro groups is 1. The summed E-state index contributed by atoms with van der Waals surface area (Å²) in [5.74, 6) is 0. The van der Waals surface area contributed by atoms with Crippen molar-refractivity contribution < 1.29 is 4.92 Å². The zero-order valence-electron chi connectivity index (χ0n) is 12.3. The fourth-order valence-electron chi connectivity index (χ4n) is 2.20. The molecular weight excluding hydrogens is 240 g/mol. The highest BCUT2D eigenvalue weighted by molar-refractivity contribution is 5.40. The first kappa shape index (κ1) is 15.6. The van der Waals surface area contributed by atoms with Gasteiger partial charge in [0, 0.05) is 17.7 Å². The minimum Gasteiger partial charge on any atom is -0.313 e. The van der Waals surface area contributed by atoms with Crippen LogP contribution in [0.1, 0.15) is 39.7 Å². The van der Waals surface area contributed by atoms with E-state index in [0.717, 1.165) is 18.5 Å². The van der Waals surface area contributed by atoms with E-state index < -0.39 is 0 Å². The lowest BCUT2D eigenvalue weighted by Gasteiger charge is -2.34. The van der Waals surface area contributed by atoms with Gasteiger partial charge in [0.05, 0.1) is 4.92 Å². The molecule has 4 nitrogen and oxygen atoms in total. The second-order valence-electron chi connectivity index (χ2n) is 5.54. The minimum absolute atomic E-state index is 0.111. The number of hydrogen-bond donors (Lipinski definition) is 1. The van der Waals surface area contributed by atoms with Crippen molar-refractivity contribution in [1.29, 1.82) is 0 Å². The summed E-state index contributed by atoms with van der Waals surface area (Å²) in [5, 5.41) is 14.5. The maximum absolute atomic E-state index is 11.1. The number of likely N-dealkylation sites (N-methyl/N-ethyl adjacent to an activating group) is 1. The molecule has 0 heterocycles. The molecule has 0 spiro atoms. The molecule has 1 aromatic carbocycles. The van der Waals surface area contributed by atoms with Gasteiger partial charge in [-0.15, -0.1) is 0 Å². The van der Waals surface area contributed by atoms with E-state index >= 15 is 0 Å². The smallest absolute Gasteiger partial charge is 0.272 e. The van der Waals surface area contributed by atoms with Crippen LogP contribution in [0.2, 0.25) is 0 Å². The van der Waals surface area contributed by atoms with Crippen LogP contribution in [-0.2, 0) is 6.42 Å². The summed E-state index contributed by atoms with van der Waals surface area (Å²) >= 11 is 0. The van der Waals surface area contributed by atoms with E-state index in [-0.39, 0.29) is 22.1 Å². The molecule has 0 amide bonds. The van der Waals surface area contributed by atoms with Gasteiger partial charge < -0.3 is 5.32 Å². The highest BCUT2D eigenvalue weighted by Crippen LogP contribution is 2.29. The predicted octanol–water partition coefficient (Wildman–Crippen LogP) is 3.55. The van der Waals surface area contributed by atoms with Crippen molar-refractivity contribution in [3.05, 3.63) is 39.9 Å². The standard InChI is InChI=1S/C15H24N2O2/c1-5-15(3,4)14(16-6-2)11-12-9-7-8-10-13(12)17(18)19/h7-10,14,16H,5-6,11H2,1-4H3. The number of rotatable bonds is 7. The van der Waals surface area contributed by atoms with E-state index in [9.17, 15) is 10.1 Å². The van der Waals surface area contributed by atoms with Gasteiger partial charge in [-0.2, -0.15) is 0 Å². The van der Waals surface area contributed by atoms with E-state index in [1.165, 1.54) is 0 Å². The van der Waals surface area contributed by atoms with Crippen molar-refractivity contribution in [1.82, 2.24) is 5.32 Å². The first-order chi connectivity index (χ1) is 8.92. The second-order valence-corrected chi connectivity index (χ2v) is 5.54. The topological polar surface area (TPSA) is 55.2 Å². The molecule has 0 aliphatic carbocycles. The molecular formula is C15H24N2O2. The lowest BCUT2D eigenvalue weighted by atomic mass is 9.78. The largest absolute Gasteiger partial charge is 0.313 e. The highest BCUT2D eigenvalue weighted by Gasteiger charge is 2.29. The SMILES string of the molecule is CCNC(Cc1ccccc1[N+](=O)[O-])C(C)(C)CC. The monoisotopic (exact) mass is 264 g/mol. The number of hydrogen-bond acceptors (Lipinski definition) is 3. The van der Waals surface area contributed by atoms with Crippen LogP contribution in [0.25, 0.3) is 0 Å². The average Bonchev–Trinajstić information content (AvgIpc) is 2.38. The Hall–Kier alpha value is -1.42. The first-order valence-corrected chi connectivity index (χ1v) is 6.88. The van der Waals surface area contributed by atoms with Gasteiger partial charge in [0.15, 0.2) is 0 Å². The molecule has 0 aliphatic heterocycles. The summed E-state index contributed by atoms with van der Waals surface area (Å²) in [6, 6.07) is 7.26. The number of nitro benzene ring substituents is 1. The maximum atomic E-state index is 11.1. The number of para-hydroxylation sites is 1. The Morgan fingerprint density at radius 2 is 1.95 bits per heavy atom. The van der Waals surface area contributed by atoms with Crippen molar-refractivity contribution in [2.45, 2.75) is 46.6 Å². The van der Waals surface area contributed by atoms with Gasteiger partial charge in [-0.1, -0.05) is 45.9 Å². The Labute approximate surface area is 115 Å². The molecule has 19 heavy (non-hydrogen) atoms. The molecule has 1 rings (SSSR count). The van der Waals surface area contributed by atoms with Crippen molar-refractivity contribution >= 4 is 5.69 Å². The number of benzene rings is 1. The van der Waals surface area contributed by atoms with Crippen LogP contribution in [0.3, 0.4) is 0 Å². The van der Waals surface area contributed by atoms with Crippen molar-refractivity contribution in [3.63, 3.8) is 0 Å². The van der Waals surface area contributed by atoms with Crippen LogP contribution < -0.4 is 5.32 Å². The molecule has 0 radical (unpaired) electrons. The van der Waals surface area contributed by atoms with Gasteiger partial charge in [-0.25, -0.2) is 0 Å². The molecule has 0 saturated heterocycles. The van der Waals surface area contributed by atoms with Gasteiger partial charge >= 0.3 is 0 Å². The lowest BCUT2D eigenvalue weighted by Crippen LogP contribution is -2.43. The van der Waals surface area contributed by atoms with Crippen molar-refractivity contribution in [3.8, 4) is 0 Å². The number of nitrogens with one attached hydrogen (secondary N) is 1. The van der Waals surface area contributed by atoms with E-state index in [1.54, 1.807) is 12.1 Å². The summed E-state index contributed by atoms with van der Waals surface area (Å²) in [7, 11) is 0. The quantitative estimate of drug-likeness (QED) is 0.605. The summed E-state index contributed by atoms with van der Waals surface area (Å²) in [5.41, 5.74) is 1.14. The zero-order valence-corrected chi connectivity index (χ0v) is 12.3. The maximum Gasteiger partial charge on any atom is 0.272 e. The van der Waals surface area contributed by atoms with E-state index in [1.807, 2.05) is 12.1 Å². The third kappa shape index (κ3) is 4.03. The molecule has 1 unspecified atom stereocenters. The van der Waals surface area contributed by atoms with Crippen LogP contribution in [0.15, 0.2) is 24.3 Å². The Morgan fingerprint density at radius 3 is 2.47 bits per heavy atom. The Bertz CT molecular complexity index is 430. The molecule has 0 fully saturated rings. The summed E-state index contributed by atoms with van der Waals surface area (Å²) in [6.07, 6.45) is 1.72. The fourth-order valence-corrected chi connectivity index (χ4v) is 2.20. The summed E-state index contributed by atoms with van der Waals surface area (Å²) < 4.78 is 0. The third-order valence-electron chi connectivity index (χ3n) is 3.92. The zero-order chi connectivity index (χ0) is 14.5. The van der Waals surface area contributed by atoms with Crippen LogP contribution >= 0.6 is 0 Å². The fraction of sp³-hybridized carbons (Fsp3) is 0.600. The number of nitrogens with zero attached hydrogens (tertiary/aromatic N) is 1. The summed E-state index contributed by atoms with van der Waals surface area (Å²) in [4.78, 5) is 10.8. The Morgan fingerprint density at radius 1 is 1.32 bits per heavy atom. The van der Waals surface area contributed by atoms with Crippen molar-refractivity contribution in [2.75, 3.05) is 6.54 Å². The van der Waals surface area contributed by atoms with Crippen molar-refractivity contribution in [2.24, 2.45) is 5.41 Å². The Kier molecular flexibility index (Phi) is 5.48. The van der Waals surface area contributed by atoms with Crippen LogP contribution in [0.5, 0.6) is 0 Å². The molecule has 1 aromatic rings. The molecule has 4 heteroatoms. The minimum atomic E-state index is -0.294. The molecule has 0 aromatic heterocycles. The lowest BCUT2D eigenvalue weighted by molar-refractivity contribution is -0.385. The Balaban J connectivity index is 3.00. The molecule has 1 atom stereocenters. The van der Waals surface area contributed by atoms with E-state index in [2.05, 4.69) is 33.0 Å². The van der Waals surface area contributed by atoms with Gasteiger partial charge in [0.2, 0.25) is 0 Å². The molecule has 0 bridgehead atoms. The van der Waals surface area contributed by atoms with Gasteiger partial charge in [-0.3, -0.25) is 10.1 Å². The first-order valence-electron chi connectivity index (χ1n) is 6.88. The average molecular weight is 264 g/mol. The van der Waals surface area contributed by atoms with Crippen LogP contribution in [0.4, 0.5) is 5.69 Å². The van der Waals surface area contributed by atoms with Gasteiger partial charge in [0.25, 0.3) is 5.69 Å². The van der Waals surface area contributed by atoms with E-state index in [4.69, 9.17) is 0 Å². The third-order valence-corrected chi connectivity index (χ3v) is 3.92. The van der Waals surface area contributed by atoms with Gasteiger partial charge in [-0.05, 0) is 24.8 Å². The predicted molar refractivity (Wildman–Crippen MR) is 78.3 cm³/mol. The van der Waals surface area contributed by atoms with Crippen LogP contribution in [-0.4, -0.2) is 17.5 Å². The normalized spacial score (nSPS) is 13.3. The molecule has 1 N–H and O–H groups in total.